The van der Waals surface area contributed by atoms with Crippen molar-refractivity contribution in [3.8, 4) is 0 Å². The van der Waals surface area contributed by atoms with Gasteiger partial charge in [-0.15, -0.1) is 0 Å². The van der Waals surface area contributed by atoms with Crippen molar-refractivity contribution in [2.45, 2.75) is 5.50 Å². The molecule has 7 heteroatoms. The number of likely N-dealkylation sites (N-methyl/N-ethyl adjacent to an activating group) is 1. The van der Waals surface area contributed by atoms with Crippen molar-refractivity contribution in [2.24, 2.45) is 0 Å². The lowest BCUT2D eigenvalue weighted by Gasteiger charge is -2.29. The Balaban J connectivity index is 2.40. The fourth-order valence-corrected chi connectivity index (χ4v) is 1.73. The number of rotatable bonds is 4. The molecule has 0 radical (unpaired) electrons. The van der Waals surface area contributed by atoms with Crippen LogP contribution in [0.1, 0.15) is 0 Å². The second-order valence-electron chi connectivity index (χ2n) is 3.64. The summed E-state index contributed by atoms with van der Waals surface area (Å²) in [6.07, 6.45) is 0. The normalized spacial score (nSPS) is 23.3. The molecule has 0 aromatic rings. The Morgan fingerprint density at radius 3 is 2.87 bits per heavy atom. The van der Waals surface area contributed by atoms with Gasteiger partial charge in [-0.1, -0.05) is 12.2 Å². The van der Waals surface area contributed by atoms with Crippen LogP contribution in [0.15, 0.2) is 0 Å². The van der Waals surface area contributed by atoms with Gasteiger partial charge in [0.05, 0.1) is 18.3 Å². The van der Waals surface area contributed by atoms with E-state index in [1.165, 1.54) is 0 Å². The second kappa shape index (κ2) is 5.97. The third kappa shape index (κ3) is 3.86. The van der Waals surface area contributed by atoms with E-state index < -0.39 is 0 Å². The lowest BCUT2D eigenvalue weighted by molar-refractivity contribution is 0.168. The van der Waals surface area contributed by atoms with Crippen LogP contribution < -0.4 is 5.43 Å². The SMILES string of the molecule is CN(C)C(=S)CN1CN(CCO)NC1[S-]. The molecule has 1 aliphatic heterocycles. The summed E-state index contributed by atoms with van der Waals surface area (Å²) in [6.45, 7) is 2.08. The minimum Gasteiger partial charge on any atom is -0.757 e. The number of nitrogens with one attached hydrogen (secondary N) is 1. The molecule has 1 rings (SSSR count). The molecule has 5 nitrogen and oxygen atoms in total. The van der Waals surface area contributed by atoms with Crippen LogP contribution in [0, 0.1) is 0 Å². The van der Waals surface area contributed by atoms with Gasteiger partial charge in [0.1, 0.15) is 0 Å². The van der Waals surface area contributed by atoms with Crippen molar-refractivity contribution in [2.75, 3.05) is 40.5 Å². The molecule has 0 bridgehead atoms. The highest BCUT2D eigenvalue weighted by Crippen LogP contribution is 2.06. The molecule has 0 aromatic carbocycles. The van der Waals surface area contributed by atoms with Crippen LogP contribution in [0.4, 0.5) is 0 Å². The highest BCUT2D eigenvalue weighted by Gasteiger charge is 2.22. The van der Waals surface area contributed by atoms with Crippen molar-refractivity contribution in [3.05, 3.63) is 0 Å². The molecule has 0 aromatic heterocycles. The molecular weight excluding hydrogens is 232 g/mol. The fraction of sp³-hybridized carbons (Fsp3) is 0.875. The standard InChI is InChI=1S/C8H18N4OS2/c1-10(2)7(14)5-11-6-12(3-4-13)9-8(11)15/h8-9,13,15H,3-6H2,1-2H3/p-1. The van der Waals surface area contributed by atoms with Crippen molar-refractivity contribution in [3.63, 3.8) is 0 Å². The third-order valence-electron chi connectivity index (χ3n) is 2.18. The zero-order valence-electron chi connectivity index (χ0n) is 9.01. The van der Waals surface area contributed by atoms with Crippen LogP contribution in [-0.4, -0.2) is 70.9 Å². The van der Waals surface area contributed by atoms with E-state index in [1.807, 2.05) is 28.9 Å². The largest absolute Gasteiger partial charge is 0.757 e. The van der Waals surface area contributed by atoms with E-state index in [9.17, 15) is 0 Å². The maximum atomic E-state index is 8.80. The minimum absolute atomic E-state index is 0.126. The number of hydrogen-bond acceptors (Lipinski definition) is 6. The Labute approximate surface area is 101 Å². The molecule has 0 spiro atoms. The third-order valence-corrected chi connectivity index (χ3v) is 3.08. The van der Waals surface area contributed by atoms with Gasteiger partial charge in [-0.3, -0.25) is 10.3 Å². The summed E-state index contributed by atoms with van der Waals surface area (Å²) in [4.78, 5) is 4.82. The minimum atomic E-state index is -0.144. The fourth-order valence-electron chi connectivity index (χ4n) is 1.28. The van der Waals surface area contributed by atoms with Crippen molar-refractivity contribution >= 4 is 29.8 Å². The predicted molar refractivity (Wildman–Crippen MR) is 65.9 cm³/mol. The highest BCUT2D eigenvalue weighted by atomic mass is 32.1. The molecule has 1 aliphatic rings. The summed E-state index contributed by atoms with van der Waals surface area (Å²) >= 11 is 10.4. The van der Waals surface area contributed by atoms with Gasteiger partial charge in [-0.2, -0.15) is 0 Å². The molecule has 0 aliphatic carbocycles. The number of hydrogen-bond donors (Lipinski definition) is 2. The Hall–Kier alpha value is 0.0800. The molecule has 2 N–H and O–H groups in total. The molecule has 15 heavy (non-hydrogen) atoms. The van der Waals surface area contributed by atoms with Crippen molar-refractivity contribution in [1.29, 1.82) is 0 Å². The molecule has 88 valence electrons. The van der Waals surface area contributed by atoms with Crippen LogP contribution in [0.25, 0.3) is 0 Å². The van der Waals surface area contributed by atoms with Crippen molar-refractivity contribution < 1.29 is 5.11 Å². The van der Waals surface area contributed by atoms with Crippen LogP contribution in [0.5, 0.6) is 0 Å². The Morgan fingerprint density at radius 1 is 1.67 bits per heavy atom. The molecule has 1 fully saturated rings. The first kappa shape index (κ1) is 13.1. The Morgan fingerprint density at radius 2 is 2.33 bits per heavy atom. The van der Waals surface area contributed by atoms with Crippen LogP contribution in [-0.2, 0) is 12.6 Å². The number of thiocarbonyl (C=S) groups is 1. The first-order chi connectivity index (χ1) is 7.04. The number of nitrogens with zero attached hydrogens (tertiary/aromatic N) is 3. The summed E-state index contributed by atoms with van der Waals surface area (Å²) in [7, 11) is 3.85. The highest BCUT2D eigenvalue weighted by molar-refractivity contribution is 7.80. The van der Waals surface area contributed by atoms with Gasteiger partial charge in [0.25, 0.3) is 0 Å². The Kier molecular flexibility index (Phi) is 5.24. The summed E-state index contributed by atoms with van der Waals surface area (Å²) < 4.78 is 0. The molecule has 1 saturated heterocycles. The maximum absolute atomic E-state index is 8.80. The summed E-state index contributed by atoms with van der Waals surface area (Å²) in [5.41, 5.74) is 2.94. The van der Waals surface area contributed by atoms with Gasteiger partial charge in [-0.05, 0) is 5.50 Å². The number of aliphatic hydroxyl groups is 1. The van der Waals surface area contributed by atoms with E-state index in [0.29, 0.717) is 19.8 Å². The zero-order chi connectivity index (χ0) is 11.4. The molecular formula is C8H17N4OS2-. The predicted octanol–water partition coefficient (Wildman–Crippen LogP) is -1.22. The van der Waals surface area contributed by atoms with Gasteiger partial charge in [-0.25, -0.2) is 5.01 Å². The van der Waals surface area contributed by atoms with E-state index in [-0.39, 0.29) is 12.1 Å². The van der Waals surface area contributed by atoms with E-state index in [2.05, 4.69) is 5.43 Å². The van der Waals surface area contributed by atoms with Crippen LogP contribution in [0.2, 0.25) is 0 Å². The topological polar surface area (TPSA) is 42.0 Å². The smallest absolute Gasteiger partial charge is 0.0917 e. The number of β-amino-alcohol motifs (C(OH)–C–C–N with tert-alkyl or cyclic N) is 1. The number of aliphatic hydroxyl groups excluding tert-OH is 1. The average molecular weight is 249 g/mol. The molecule has 1 unspecified atom stereocenters. The molecule has 1 heterocycles. The molecule has 1 atom stereocenters. The van der Waals surface area contributed by atoms with E-state index in [4.69, 9.17) is 30.0 Å². The first-order valence-electron chi connectivity index (χ1n) is 4.76. The molecule has 0 saturated carbocycles. The van der Waals surface area contributed by atoms with E-state index >= 15 is 0 Å². The van der Waals surface area contributed by atoms with E-state index in [1.54, 1.807) is 0 Å². The van der Waals surface area contributed by atoms with Gasteiger partial charge in [0, 0.05) is 27.2 Å². The lowest BCUT2D eigenvalue weighted by Crippen LogP contribution is -2.40. The second-order valence-corrected chi connectivity index (χ2v) is 4.56. The maximum Gasteiger partial charge on any atom is 0.0917 e. The first-order valence-corrected chi connectivity index (χ1v) is 5.64. The van der Waals surface area contributed by atoms with Gasteiger partial charge >= 0.3 is 0 Å². The quantitative estimate of drug-likeness (QED) is 0.478. The van der Waals surface area contributed by atoms with Gasteiger partial charge in [0.2, 0.25) is 0 Å². The lowest BCUT2D eigenvalue weighted by atomic mass is 10.5. The van der Waals surface area contributed by atoms with Crippen LogP contribution in [0.3, 0.4) is 0 Å². The Bertz CT molecular complexity index is 227. The average Bonchev–Trinajstić information content (AvgIpc) is 2.47. The van der Waals surface area contributed by atoms with Gasteiger partial charge in [0.15, 0.2) is 0 Å². The zero-order valence-corrected chi connectivity index (χ0v) is 10.6. The van der Waals surface area contributed by atoms with Crippen molar-refractivity contribution in [1.82, 2.24) is 20.2 Å². The van der Waals surface area contributed by atoms with E-state index in [0.717, 1.165) is 4.99 Å². The van der Waals surface area contributed by atoms with Crippen LogP contribution >= 0.6 is 12.2 Å². The number of hydrazine groups is 1. The summed E-state index contributed by atoms with van der Waals surface area (Å²) in [6, 6.07) is 0. The monoisotopic (exact) mass is 249 g/mol. The van der Waals surface area contributed by atoms with Gasteiger partial charge < -0.3 is 22.6 Å². The summed E-state index contributed by atoms with van der Waals surface area (Å²) in [5, 5.41) is 10.7. The molecule has 0 amide bonds. The summed E-state index contributed by atoms with van der Waals surface area (Å²) in [5.74, 6) is 0.